The van der Waals surface area contributed by atoms with Crippen molar-refractivity contribution in [2.75, 3.05) is 13.1 Å². The standard InChI is InChI=1S/C23H31N3O2.ClH/c27-21-7-3-6-20-18-11-19(14-24-13-18)22(26(20)21)23(28)25-12-15-8-9-16-4-1-2-5-17(16)10-15;/h8-10,18-20,22,24H,1-7,11-14H2,(H,25,28);1H/t18-,19+,20+,22-;/m1./s1. The van der Waals surface area contributed by atoms with E-state index in [1.807, 2.05) is 4.90 Å². The molecular weight excluding hydrogens is 386 g/mol. The van der Waals surface area contributed by atoms with Gasteiger partial charge in [-0.15, -0.1) is 12.4 Å². The number of rotatable bonds is 3. The van der Waals surface area contributed by atoms with Gasteiger partial charge < -0.3 is 15.5 Å². The second-order valence-electron chi connectivity index (χ2n) is 9.15. The van der Waals surface area contributed by atoms with Crippen LogP contribution in [0.15, 0.2) is 18.2 Å². The molecule has 5 rings (SSSR count). The Morgan fingerprint density at radius 2 is 1.86 bits per heavy atom. The Morgan fingerprint density at radius 1 is 1.07 bits per heavy atom. The van der Waals surface area contributed by atoms with Gasteiger partial charge in [0.25, 0.3) is 0 Å². The third-order valence-electron chi connectivity index (χ3n) is 7.39. The minimum absolute atomic E-state index is 0. The van der Waals surface area contributed by atoms with Crippen molar-refractivity contribution in [3.05, 3.63) is 34.9 Å². The molecule has 2 bridgehead atoms. The number of piperidine rings is 3. The van der Waals surface area contributed by atoms with Crippen molar-refractivity contribution in [3.63, 3.8) is 0 Å². The van der Waals surface area contributed by atoms with Crippen LogP contribution in [0.5, 0.6) is 0 Å². The van der Waals surface area contributed by atoms with Crippen LogP contribution in [-0.4, -0.2) is 41.9 Å². The molecule has 3 aliphatic heterocycles. The first-order valence-electron chi connectivity index (χ1n) is 11.1. The maximum absolute atomic E-state index is 13.2. The average molecular weight is 418 g/mol. The van der Waals surface area contributed by atoms with Crippen LogP contribution in [0.2, 0.25) is 0 Å². The molecule has 3 fully saturated rings. The van der Waals surface area contributed by atoms with Gasteiger partial charge in [-0.05, 0) is 74.1 Å². The molecule has 4 aliphatic rings. The zero-order valence-electron chi connectivity index (χ0n) is 17.0. The molecule has 3 saturated heterocycles. The van der Waals surface area contributed by atoms with Crippen molar-refractivity contribution in [1.29, 1.82) is 0 Å². The lowest BCUT2D eigenvalue weighted by atomic mass is 9.72. The van der Waals surface area contributed by atoms with Gasteiger partial charge >= 0.3 is 0 Å². The van der Waals surface area contributed by atoms with Crippen molar-refractivity contribution in [3.8, 4) is 0 Å². The fourth-order valence-electron chi connectivity index (χ4n) is 6.04. The number of hydrogen-bond acceptors (Lipinski definition) is 3. The van der Waals surface area contributed by atoms with Gasteiger partial charge in [0, 0.05) is 31.5 Å². The van der Waals surface area contributed by atoms with Crippen LogP contribution >= 0.6 is 12.4 Å². The molecule has 29 heavy (non-hydrogen) atoms. The predicted octanol–water partition coefficient (Wildman–Crippen LogP) is 2.59. The minimum Gasteiger partial charge on any atom is -0.350 e. The molecule has 3 heterocycles. The summed E-state index contributed by atoms with van der Waals surface area (Å²) in [5.74, 6) is 0.959. The van der Waals surface area contributed by atoms with Crippen LogP contribution in [0.3, 0.4) is 0 Å². The number of carbonyl (C=O) groups is 2. The minimum atomic E-state index is -0.306. The van der Waals surface area contributed by atoms with Gasteiger partial charge in [0.05, 0.1) is 0 Å². The van der Waals surface area contributed by atoms with Gasteiger partial charge in [-0.3, -0.25) is 9.59 Å². The summed E-state index contributed by atoms with van der Waals surface area (Å²) in [5.41, 5.74) is 4.09. The Bertz CT molecular complexity index is 783. The molecule has 2 N–H and O–H groups in total. The molecule has 5 nitrogen and oxygen atoms in total. The first kappa shape index (κ1) is 20.7. The maximum Gasteiger partial charge on any atom is 0.243 e. The summed E-state index contributed by atoms with van der Waals surface area (Å²) in [7, 11) is 0. The third kappa shape index (κ3) is 3.91. The molecule has 0 aromatic heterocycles. The Hall–Kier alpha value is -1.59. The Balaban J connectivity index is 0.00000205. The highest BCUT2D eigenvalue weighted by Gasteiger charge is 2.50. The van der Waals surface area contributed by atoms with E-state index >= 15 is 0 Å². The van der Waals surface area contributed by atoms with E-state index in [0.717, 1.165) is 38.8 Å². The lowest BCUT2D eigenvalue weighted by Gasteiger charge is -2.53. The van der Waals surface area contributed by atoms with Crippen LogP contribution in [0.1, 0.15) is 55.2 Å². The third-order valence-corrected chi connectivity index (χ3v) is 7.39. The number of fused-ring (bicyclic) bond motifs is 5. The molecule has 0 radical (unpaired) electrons. The largest absolute Gasteiger partial charge is 0.350 e. The van der Waals surface area contributed by atoms with Gasteiger partial charge in [-0.1, -0.05) is 18.2 Å². The van der Waals surface area contributed by atoms with Crippen LogP contribution in [0, 0.1) is 11.8 Å². The summed E-state index contributed by atoms with van der Waals surface area (Å²) >= 11 is 0. The summed E-state index contributed by atoms with van der Waals surface area (Å²) in [6, 6.07) is 6.58. The van der Waals surface area contributed by atoms with E-state index in [1.165, 1.54) is 36.0 Å². The Kier molecular flexibility index (Phi) is 6.16. The van der Waals surface area contributed by atoms with Gasteiger partial charge in [0.2, 0.25) is 11.8 Å². The predicted molar refractivity (Wildman–Crippen MR) is 115 cm³/mol. The highest BCUT2D eigenvalue weighted by molar-refractivity contribution is 5.89. The molecule has 0 saturated carbocycles. The lowest BCUT2D eigenvalue weighted by Crippen LogP contribution is -2.67. The number of aryl methyl sites for hydroxylation is 2. The normalized spacial score (nSPS) is 30.6. The van der Waals surface area contributed by atoms with Crippen LogP contribution in [-0.2, 0) is 29.0 Å². The fourth-order valence-corrected chi connectivity index (χ4v) is 6.04. The van der Waals surface area contributed by atoms with Crippen molar-refractivity contribution in [1.82, 2.24) is 15.5 Å². The van der Waals surface area contributed by atoms with E-state index in [1.54, 1.807) is 0 Å². The van der Waals surface area contributed by atoms with Gasteiger partial charge in [0.15, 0.2) is 0 Å². The second kappa shape index (κ2) is 8.65. The molecule has 1 aliphatic carbocycles. The van der Waals surface area contributed by atoms with E-state index < -0.39 is 0 Å². The number of benzene rings is 1. The van der Waals surface area contributed by atoms with E-state index in [0.29, 0.717) is 18.9 Å². The number of hydrogen-bond donors (Lipinski definition) is 2. The topological polar surface area (TPSA) is 61.4 Å². The first-order valence-corrected chi connectivity index (χ1v) is 11.1. The molecule has 1 aromatic carbocycles. The fraction of sp³-hybridized carbons (Fsp3) is 0.652. The zero-order chi connectivity index (χ0) is 19.1. The molecule has 0 unspecified atom stereocenters. The first-order chi connectivity index (χ1) is 13.7. The summed E-state index contributed by atoms with van der Waals surface area (Å²) < 4.78 is 0. The van der Waals surface area contributed by atoms with Crippen molar-refractivity contribution in [2.45, 2.75) is 70.0 Å². The van der Waals surface area contributed by atoms with E-state index in [4.69, 9.17) is 0 Å². The molecule has 158 valence electrons. The average Bonchev–Trinajstić information content (AvgIpc) is 2.73. The number of halogens is 1. The van der Waals surface area contributed by atoms with Crippen molar-refractivity contribution >= 4 is 24.2 Å². The van der Waals surface area contributed by atoms with Crippen molar-refractivity contribution in [2.24, 2.45) is 11.8 Å². The SMILES string of the molecule is Cl.O=C(NCc1ccc2c(c1)CCCC2)[C@H]1[C@@H]2CNC[C@@H](C2)[C@@H]2CCCC(=O)N21. The van der Waals surface area contributed by atoms with Crippen molar-refractivity contribution < 1.29 is 9.59 Å². The van der Waals surface area contributed by atoms with Gasteiger partial charge in [-0.25, -0.2) is 0 Å². The number of carbonyl (C=O) groups excluding carboxylic acids is 2. The van der Waals surface area contributed by atoms with Gasteiger partial charge in [0.1, 0.15) is 6.04 Å². The monoisotopic (exact) mass is 417 g/mol. The van der Waals surface area contributed by atoms with E-state index in [2.05, 4.69) is 28.8 Å². The number of nitrogens with zero attached hydrogens (tertiary/aromatic N) is 1. The Morgan fingerprint density at radius 3 is 2.72 bits per heavy atom. The zero-order valence-corrected chi connectivity index (χ0v) is 17.8. The highest BCUT2D eigenvalue weighted by atomic mass is 35.5. The maximum atomic E-state index is 13.2. The molecule has 6 heteroatoms. The molecule has 0 spiro atoms. The summed E-state index contributed by atoms with van der Waals surface area (Å²) in [6.07, 6.45) is 8.54. The quantitative estimate of drug-likeness (QED) is 0.794. The lowest BCUT2D eigenvalue weighted by molar-refractivity contribution is -0.157. The molecule has 2 amide bonds. The van der Waals surface area contributed by atoms with Gasteiger partial charge in [-0.2, -0.15) is 0 Å². The van der Waals surface area contributed by atoms with E-state index in [9.17, 15) is 9.59 Å². The summed E-state index contributed by atoms with van der Waals surface area (Å²) in [6.45, 7) is 2.37. The smallest absolute Gasteiger partial charge is 0.243 e. The highest BCUT2D eigenvalue weighted by Crippen LogP contribution is 2.39. The molecule has 4 atom stereocenters. The molecular formula is C23H32ClN3O2. The number of nitrogens with one attached hydrogen (secondary N) is 2. The number of amides is 2. The summed E-state index contributed by atoms with van der Waals surface area (Å²) in [5, 5.41) is 6.68. The second-order valence-corrected chi connectivity index (χ2v) is 9.15. The van der Waals surface area contributed by atoms with Crippen LogP contribution in [0.4, 0.5) is 0 Å². The molecule has 1 aromatic rings. The van der Waals surface area contributed by atoms with E-state index in [-0.39, 0.29) is 42.2 Å². The Labute approximate surface area is 179 Å². The van der Waals surface area contributed by atoms with Crippen LogP contribution in [0.25, 0.3) is 0 Å². The van der Waals surface area contributed by atoms with Crippen LogP contribution < -0.4 is 10.6 Å². The summed E-state index contributed by atoms with van der Waals surface area (Å²) in [4.78, 5) is 27.9.